The van der Waals surface area contributed by atoms with Gasteiger partial charge in [0.2, 0.25) is 10.0 Å². The Morgan fingerprint density at radius 3 is 2.43 bits per heavy atom. The first-order valence-corrected chi connectivity index (χ1v) is 14.5. The summed E-state index contributed by atoms with van der Waals surface area (Å²) in [4.78, 5) is 12.6. The molecule has 2 heterocycles. The fraction of sp³-hybridized carbons (Fsp3) is 0.433. The Morgan fingerprint density at radius 2 is 1.81 bits per heavy atom. The van der Waals surface area contributed by atoms with Crippen molar-refractivity contribution in [3.8, 4) is 5.75 Å². The zero-order chi connectivity index (χ0) is 27.1. The van der Waals surface area contributed by atoms with Crippen LogP contribution in [-0.2, 0) is 23.6 Å². The van der Waals surface area contributed by atoms with E-state index in [-0.39, 0.29) is 29.2 Å². The number of fused-ring (bicyclic) bond motifs is 1. The lowest BCUT2D eigenvalue weighted by molar-refractivity contribution is 0.101. The standard InChI is InChI=1S/C30H38N2O4S/c1-8-25-18-32(37(34,35)28-13-11-10-12-27(28)36-25)17-24-16-23(15-14-19(24)3)26(9-2)30-20(4)29(22(6)33)21(5)31(30)7/h10-16,25-26H,8-9,17-18H2,1-7H3/t25-,26?/m1/s1. The number of aromatic nitrogens is 1. The summed E-state index contributed by atoms with van der Waals surface area (Å²) in [5, 5.41) is 0. The van der Waals surface area contributed by atoms with Crippen LogP contribution in [0.5, 0.6) is 5.75 Å². The number of nitrogens with zero attached hydrogens (tertiary/aromatic N) is 2. The SMILES string of the molecule is CCC(c1ccc(C)c(CN2C[C@@H](CC)Oc3ccccc3S2(=O)=O)c1)c1c(C)c(C(C)=O)c(C)n1C. The smallest absolute Gasteiger partial charge is 0.247 e. The third-order valence-corrected chi connectivity index (χ3v) is 9.67. The first kappa shape index (κ1) is 27.1. The van der Waals surface area contributed by atoms with Gasteiger partial charge in [0.15, 0.2) is 5.78 Å². The number of hydrogen-bond donors (Lipinski definition) is 0. The number of carbonyl (C=O) groups excluding carboxylic acids is 1. The maximum Gasteiger partial charge on any atom is 0.247 e. The highest BCUT2D eigenvalue weighted by Crippen LogP contribution is 2.36. The van der Waals surface area contributed by atoms with Gasteiger partial charge in [-0.15, -0.1) is 0 Å². The molecular formula is C30H38N2O4S. The molecule has 0 amide bonds. The third-order valence-electron chi connectivity index (χ3n) is 7.82. The number of benzene rings is 2. The van der Waals surface area contributed by atoms with Gasteiger partial charge >= 0.3 is 0 Å². The van der Waals surface area contributed by atoms with Crippen LogP contribution in [0.15, 0.2) is 47.4 Å². The van der Waals surface area contributed by atoms with Crippen molar-refractivity contribution in [2.45, 2.75) is 77.8 Å². The Hall–Kier alpha value is -2.90. The van der Waals surface area contributed by atoms with Crippen LogP contribution in [0.1, 0.15) is 83.5 Å². The summed E-state index contributed by atoms with van der Waals surface area (Å²) in [6, 6.07) is 13.3. The molecule has 1 aromatic heterocycles. The molecule has 0 N–H and O–H groups in total. The quantitative estimate of drug-likeness (QED) is 0.354. The van der Waals surface area contributed by atoms with E-state index >= 15 is 0 Å². The molecule has 2 aromatic carbocycles. The van der Waals surface area contributed by atoms with E-state index in [1.54, 1.807) is 35.5 Å². The lowest BCUT2D eigenvalue weighted by Gasteiger charge is -2.25. The first-order valence-electron chi connectivity index (χ1n) is 13.0. The molecule has 198 valence electrons. The van der Waals surface area contributed by atoms with Crippen LogP contribution in [0.25, 0.3) is 0 Å². The van der Waals surface area contributed by atoms with Gasteiger partial charge in [0, 0.05) is 36.5 Å². The van der Waals surface area contributed by atoms with Crippen molar-refractivity contribution < 1.29 is 17.9 Å². The molecule has 2 atom stereocenters. The van der Waals surface area contributed by atoms with E-state index in [0.29, 0.717) is 18.7 Å². The van der Waals surface area contributed by atoms with E-state index in [1.165, 1.54) is 0 Å². The van der Waals surface area contributed by atoms with Gasteiger partial charge in [-0.2, -0.15) is 4.31 Å². The summed E-state index contributed by atoms with van der Waals surface area (Å²) in [7, 11) is -1.70. The average molecular weight is 523 g/mol. The fourth-order valence-corrected chi connectivity index (χ4v) is 7.24. The van der Waals surface area contributed by atoms with E-state index in [9.17, 15) is 13.2 Å². The summed E-state index contributed by atoms with van der Waals surface area (Å²) in [5.74, 6) is 0.587. The normalized spacial score (nSPS) is 18.1. The lowest BCUT2D eigenvalue weighted by atomic mass is 9.88. The molecule has 6 nitrogen and oxygen atoms in total. The molecule has 0 bridgehead atoms. The van der Waals surface area contributed by atoms with Crippen LogP contribution in [0.4, 0.5) is 0 Å². The monoisotopic (exact) mass is 522 g/mol. The number of ether oxygens (including phenoxy) is 1. The zero-order valence-electron chi connectivity index (χ0n) is 23.0. The van der Waals surface area contributed by atoms with Gasteiger partial charge < -0.3 is 9.30 Å². The summed E-state index contributed by atoms with van der Waals surface area (Å²) >= 11 is 0. The van der Waals surface area contributed by atoms with Crippen molar-refractivity contribution in [2.24, 2.45) is 7.05 Å². The Labute approximate surface area is 221 Å². The van der Waals surface area contributed by atoms with Gasteiger partial charge in [-0.05, 0) is 74.9 Å². The van der Waals surface area contributed by atoms with Crippen LogP contribution < -0.4 is 4.74 Å². The van der Waals surface area contributed by atoms with Crippen molar-refractivity contribution in [1.82, 2.24) is 8.87 Å². The third kappa shape index (κ3) is 4.87. The number of aryl methyl sites for hydroxylation is 1. The van der Waals surface area contributed by atoms with Crippen LogP contribution >= 0.6 is 0 Å². The van der Waals surface area contributed by atoms with Crippen molar-refractivity contribution in [3.63, 3.8) is 0 Å². The molecule has 0 radical (unpaired) electrons. The van der Waals surface area contributed by atoms with Crippen molar-refractivity contribution >= 4 is 15.8 Å². The Bertz CT molecular complexity index is 1440. The first-order chi connectivity index (χ1) is 17.5. The highest BCUT2D eigenvalue weighted by Gasteiger charge is 2.34. The minimum atomic E-state index is -3.73. The van der Waals surface area contributed by atoms with Gasteiger partial charge in [-0.1, -0.05) is 44.2 Å². The lowest BCUT2D eigenvalue weighted by Crippen LogP contribution is -2.36. The largest absolute Gasteiger partial charge is 0.488 e. The summed E-state index contributed by atoms with van der Waals surface area (Å²) in [6.45, 7) is 12.4. The minimum absolute atomic E-state index is 0.0793. The maximum absolute atomic E-state index is 13.7. The van der Waals surface area contributed by atoms with Crippen molar-refractivity contribution in [3.05, 3.63) is 81.7 Å². The predicted octanol–water partition coefficient (Wildman–Crippen LogP) is 6.06. The van der Waals surface area contributed by atoms with Crippen LogP contribution in [0.2, 0.25) is 0 Å². The summed E-state index contributed by atoms with van der Waals surface area (Å²) < 4.78 is 37.2. The Morgan fingerprint density at radius 1 is 1.11 bits per heavy atom. The van der Waals surface area contributed by atoms with Crippen molar-refractivity contribution in [1.29, 1.82) is 0 Å². The molecule has 0 spiro atoms. The van der Waals surface area contributed by atoms with E-state index < -0.39 is 10.0 Å². The van der Waals surface area contributed by atoms with E-state index in [4.69, 9.17) is 4.74 Å². The molecule has 0 fully saturated rings. The summed E-state index contributed by atoms with van der Waals surface area (Å²) in [6.07, 6.45) is 1.35. The highest BCUT2D eigenvalue weighted by molar-refractivity contribution is 7.89. The molecule has 1 unspecified atom stereocenters. The molecule has 0 saturated carbocycles. The van der Waals surface area contributed by atoms with E-state index in [2.05, 4.69) is 29.7 Å². The second-order valence-corrected chi connectivity index (χ2v) is 12.0. The molecule has 1 aliphatic heterocycles. The molecule has 1 aliphatic rings. The second-order valence-electron chi connectivity index (χ2n) is 10.1. The fourth-order valence-electron chi connectivity index (χ4n) is 5.67. The number of sulfonamides is 1. The van der Waals surface area contributed by atoms with E-state index in [0.717, 1.165) is 45.6 Å². The van der Waals surface area contributed by atoms with Crippen LogP contribution in [0.3, 0.4) is 0 Å². The van der Waals surface area contributed by atoms with Crippen LogP contribution in [-0.4, -0.2) is 35.7 Å². The second kappa shape index (κ2) is 10.5. The van der Waals surface area contributed by atoms with Crippen LogP contribution in [0, 0.1) is 20.8 Å². The Kier molecular flexibility index (Phi) is 7.67. The van der Waals surface area contributed by atoms with Gasteiger partial charge in [-0.25, -0.2) is 8.42 Å². The number of rotatable bonds is 7. The number of hydrogen-bond acceptors (Lipinski definition) is 4. The molecule has 4 rings (SSSR count). The molecule has 37 heavy (non-hydrogen) atoms. The minimum Gasteiger partial charge on any atom is -0.488 e. The molecular weight excluding hydrogens is 484 g/mol. The van der Waals surface area contributed by atoms with Gasteiger partial charge in [-0.3, -0.25) is 4.79 Å². The molecule has 0 saturated heterocycles. The molecule has 3 aromatic rings. The molecule has 0 aliphatic carbocycles. The number of ketones is 1. The van der Waals surface area contributed by atoms with Gasteiger partial charge in [0.05, 0.1) is 6.54 Å². The number of Topliss-reactive ketones (excluding diaryl/α,β-unsaturated/α-hetero) is 1. The van der Waals surface area contributed by atoms with Crippen molar-refractivity contribution in [2.75, 3.05) is 6.54 Å². The molecule has 7 heteroatoms. The van der Waals surface area contributed by atoms with Gasteiger partial charge in [0.1, 0.15) is 16.7 Å². The number of para-hydroxylation sites is 1. The topological polar surface area (TPSA) is 68.6 Å². The maximum atomic E-state index is 13.7. The average Bonchev–Trinajstić information content (AvgIpc) is 3.01. The predicted molar refractivity (Wildman–Crippen MR) is 147 cm³/mol. The van der Waals surface area contributed by atoms with E-state index in [1.807, 2.05) is 34.7 Å². The summed E-state index contributed by atoms with van der Waals surface area (Å²) in [5.41, 5.74) is 7.08. The zero-order valence-corrected chi connectivity index (χ0v) is 23.8. The number of carbonyl (C=O) groups is 1. The highest BCUT2D eigenvalue weighted by atomic mass is 32.2. The Balaban J connectivity index is 1.76. The van der Waals surface area contributed by atoms with Gasteiger partial charge in [0.25, 0.3) is 0 Å².